The van der Waals surface area contributed by atoms with Crippen molar-refractivity contribution < 1.29 is 14.6 Å². The largest absolute Gasteiger partial charge is 0.488 e. The molecule has 0 atom stereocenters. The minimum Gasteiger partial charge on any atom is -0.488 e. The first kappa shape index (κ1) is 16.3. The van der Waals surface area contributed by atoms with Crippen LogP contribution in [0, 0.1) is 0 Å². The molecular formula is C21H15NO3S. The van der Waals surface area contributed by atoms with E-state index in [1.165, 1.54) is 0 Å². The maximum absolute atomic E-state index is 10.9. The number of hydrogen-bond acceptors (Lipinski definition) is 4. The van der Waals surface area contributed by atoms with Crippen molar-refractivity contribution in [1.82, 2.24) is 4.98 Å². The average Bonchev–Trinajstić information content (AvgIpc) is 3.11. The van der Waals surface area contributed by atoms with Crippen LogP contribution >= 0.6 is 11.3 Å². The van der Waals surface area contributed by atoms with Crippen LogP contribution in [0.2, 0.25) is 0 Å². The Morgan fingerprint density at radius 1 is 0.962 bits per heavy atom. The summed E-state index contributed by atoms with van der Waals surface area (Å²) in [6.07, 6.45) is 0. The topological polar surface area (TPSA) is 59.4 Å². The Labute approximate surface area is 154 Å². The molecule has 0 saturated heterocycles. The molecule has 0 fully saturated rings. The molecule has 4 nitrogen and oxygen atoms in total. The molecule has 3 aromatic carbocycles. The fourth-order valence-electron chi connectivity index (χ4n) is 2.66. The van der Waals surface area contributed by atoms with Crippen molar-refractivity contribution in [2.45, 2.75) is 6.61 Å². The normalized spacial score (nSPS) is 10.8. The fraction of sp³-hybridized carbons (Fsp3) is 0.0476. The van der Waals surface area contributed by atoms with E-state index in [2.05, 4.69) is 6.07 Å². The minimum atomic E-state index is -0.932. The maximum Gasteiger partial charge on any atom is 0.335 e. The predicted molar refractivity (Wildman–Crippen MR) is 103 cm³/mol. The summed E-state index contributed by atoms with van der Waals surface area (Å²) in [6.45, 7) is 0.363. The molecular weight excluding hydrogens is 346 g/mol. The molecule has 4 rings (SSSR count). The number of aromatic nitrogens is 1. The van der Waals surface area contributed by atoms with Gasteiger partial charge < -0.3 is 9.84 Å². The molecule has 0 aliphatic carbocycles. The summed E-state index contributed by atoms with van der Waals surface area (Å²) in [5.41, 5.74) is 3.11. The first-order chi connectivity index (χ1) is 12.7. The molecule has 4 aromatic rings. The van der Waals surface area contributed by atoms with E-state index in [4.69, 9.17) is 14.8 Å². The number of carboxylic acids is 1. The summed E-state index contributed by atoms with van der Waals surface area (Å²) in [6, 6.07) is 22.6. The Morgan fingerprint density at radius 3 is 2.46 bits per heavy atom. The van der Waals surface area contributed by atoms with E-state index in [0.29, 0.717) is 6.61 Å². The van der Waals surface area contributed by atoms with Gasteiger partial charge in [0.15, 0.2) is 0 Å². The Hall–Kier alpha value is -3.18. The van der Waals surface area contributed by atoms with E-state index >= 15 is 0 Å². The van der Waals surface area contributed by atoms with Gasteiger partial charge in [0.25, 0.3) is 0 Å². The number of aromatic carboxylic acids is 1. The smallest absolute Gasteiger partial charge is 0.335 e. The number of para-hydroxylation sites is 2. The summed E-state index contributed by atoms with van der Waals surface area (Å²) in [5.74, 6) is -0.174. The van der Waals surface area contributed by atoms with Gasteiger partial charge in [-0.25, -0.2) is 9.78 Å². The predicted octanol–water partition coefficient (Wildman–Crippen LogP) is 5.24. The van der Waals surface area contributed by atoms with Crippen LogP contribution in [-0.2, 0) is 6.61 Å². The summed E-state index contributed by atoms with van der Waals surface area (Å²) in [7, 11) is 0. The average molecular weight is 361 g/mol. The van der Waals surface area contributed by atoms with Gasteiger partial charge in [0, 0.05) is 0 Å². The molecule has 128 valence electrons. The number of carboxylic acid groups (broad SMARTS) is 1. The fourth-order valence-corrected chi connectivity index (χ4v) is 3.66. The second-order valence-corrected chi connectivity index (χ2v) is 6.80. The standard InChI is InChI=1S/C21H15NO3S/c23-21(24)15-11-9-14(10-12-15)13-25-18-7-3-1-5-16(18)20-22-17-6-2-4-8-19(17)26-20/h1-12H,13H2,(H,23,24). The van der Waals surface area contributed by atoms with Crippen LogP contribution in [0.15, 0.2) is 72.8 Å². The summed E-state index contributed by atoms with van der Waals surface area (Å²) in [4.78, 5) is 15.6. The van der Waals surface area contributed by atoms with Crippen molar-refractivity contribution in [2.75, 3.05) is 0 Å². The number of ether oxygens (including phenoxy) is 1. The van der Waals surface area contributed by atoms with Crippen molar-refractivity contribution in [3.63, 3.8) is 0 Å². The zero-order valence-electron chi connectivity index (χ0n) is 13.8. The zero-order chi connectivity index (χ0) is 17.9. The van der Waals surface area contributed by atoms with Crippen molar-refractivity contribution in [3.05, 3.63) is 83.9 Å². The highest BCUT2D eigenvalue weighted by Crippen LogP contribution is 2.35. The van der Waals surface area contributed by atoms with Gasteiger partial charge in [-0.15, -0.1) is 11.3 Å². The Morgan fingerprint density at radius 2 is 1.69 bits per heavy atom. The highest BCUT2D eigenvalue weighted by atomic mass is 32.1. The molecule has 0 unspecified atom stereocenters. The molecule has 0 radical (unpaired) electrons. The third-order valence-corrected chi connectivity index (χ3v) is 5.08. The highest BCUT2D eigenvalue weighted by molar-refractivity contribution is 7.21. The number of rotatable bonds is 5. The van der Waals surface area contributed by atoms with E-state index in [1.54, 1.807) is 35.6 Å². The maximum atomic E-state index is 10.9. The van der Waals surface area contributed by atoms with Crippen LogP contribution in [0.25, 0.3) is 20.8 Å². The second-order valence-electron chi connectivity index (χ2n) is 5.77. The lowest BCUT2D eigenvalue weighted by Gasteiger charge is -2.10. The number of carbonyl (C=O) groups is 1. The molecule has 0 aliphatic heterocycles. The molecule has 1 aromatic heterocycles. The van der Waals surface area contributed by atoms with Crippen molar-refractivity contribution in [2.24, 2.45) is 0 Å². The monoisotopic (exact) mass is 361 g/mol. The highest BCUT2D eigenvalue weighted by Gasteiger charge is 2.11. The third kappa shape index (κ3) is 3.30. The first-order valence-electron chi connectivity index (χ1n) is 8.11. The molecule has 0 saturated carbocycles. The molecule has 0 spiro atoms. The summed E-state index contributed by atoms with van der Waals surface area (Å²) < 4.78 is 7.13. The summed E-state index contributed by atoms with van der Waals surface area (Å²) >= 11 is 1.63. The van der Waals surface area contributed by atoms with Gasteiger partial charge in [-0.3, -0.25) is 0 Å². The molecule has 5 heteroatoms. The van der Waals surface area contributed by atoms with Gasteiger partial charge in [-0.05, 0) is 42.0 Å². The van der Waals surface area contributed by atoms with E-state index in [0.717, 1.165) is 32.1 Å². The first-order valence-corrected chi connectivity index (χ1v) is 8.92. The molecule has 1 heterocycles. The lowest BCUT2D eigenvalue weighted by atomic mass is 10.1. The van der Waals surface area contributed by atoms with Crippen LogP contribution in [-0.4, -0.2) is 16.1 Å². The van der Waals surface area contributed by atoms with Gasteiger partial charge in [-0.1, -0.05) is 36.4 Å². The minimum absolute atomic E-state index is 0.267. The summed E-state index contributed by atoms with van der Waals surface area (Å²) in [5, 5.41) is 9.89. The molecule has 0 amide bonds. The number of hydrogen-bond donors (Lipinski definition) is 1. The van der Waals surface area contributed by atoms with E-state index in [9.17, 15) is 4.79 Å². The van der Waals surface area contributed by atoms with Crippen LogP contribution in [0.5, 0.6) is 5.75 Å². The molecule has 0 bridgehead atoms. The quantitative estimate of drug-likeness (QED) is 0.528. The van der Waals surface area contributed by atoms with Gasteiger partial charge in [0.2, 0.25) is 0 Å². The lowest BCUT2D eigenvalue weighted by molar-refractivity contribution is 0.0697. The Balaban J connectivity index is 1.58. The van der Waals surface area contributed by atoms with Gasteiger partial charge in [-0.2, -0.15) is 0 Å². The Bertz CT molecular complexity index is 1040. The SMILES string of the molecule is O=C(O)c1ccc(COc2ccccc2-c2nc3ccccc3s2)cc1. The number of fused-ring (bicyclic) bond motifs is 1. The zero-order valence-corrected chi connectivity index (χ0v) is 14.6. The van der Waals surface area contributed by atoms with Crippen molar-refractivity contribution in [1.29, 1.82) is 0 Å². The van der Waals surface area contributed by atoms with Crippen LogP contribution < -0.4 is 4.74 Å². The Kier molecular flexibility index (Phi) is 4.37. The van der Waals surface area contributed by atoms with Crippen LogP contribution in [0.4, 0.5) is 0 Å². The van der Waals surface area contributed by atoms with E-state index in [1.807, 2.05) is 42.5 Å². The second kappa shape index (κ2) is 6.98. The van der Waals surface area contributed by atoms with Gasteiger partial charge in [0.1, 0.15) is 17.4 Å². The molecule has 1 N–H and O–H groups in total. The number of thiazole rings is 1. The number of benzene rings is 3. The van der Waals surface area contributed by atoms with E-state index in [-0.39, 0.29) is 5.56 Å². The van der Waals surface area contributed by atoms with Crippen molar-refractivity contribution in [3.8, 4) is 16.3 Å². The van der Waals surface area contributed by atoms with Crippen LogP contribution in [0.3, 0.4) is 0 Å². The lowest BCUT2D eigenvalue weighted by Crippen LogP contribution is -1.99. The molecule has 0 aliphatic rings. The van der Waals surface area contributed by atoms with Crippen LogP contribution in [0.1, 0.15) is 15.9 Å². The third-order valence-electron chi connectivity index (χ3n) is 4.01. The van der Waals surface area contributed by atoms with Crippen molar-refractivity contribution >= 4 is 27.5 Å². The van der Waals surface area contributed by atoms with E-state index < -0.39 is 5.97 Å². The van der Waals surface area contributed by atoms with Gasteiger partial charge >= 0.3 is 5.97 Å². The van der Waals surface area contributed by atoms with Gasteiger partial charge in [0.05, 0.1) is 21.3 Å². The molecule has 26 heavy (non-hydrogen) atoms. The number of nitrogens with zero attached hydrogens (tertiary/aromatic N) is 1.